The molecule has 9 heteroatoms. The molecule has 0 amide bonds. The van der Waals surface area contributed by atoms with Crippen LogP contribution in [-0.2, 0) is 20.3 Å². The van der Waals surface area contributed by atoms with Crippen LogP contribution in [0.5, 0.6) is 0 Å². The molecular weight excluding hydrogens is 208 g/mol. The summed E-state index contributed by atoms with van der Waals surface area (Å²) in [7, 11) is 0. The van der Waals surface area contributed by atoms with E-state index in [9.17, 15) is 31.1 Å². The molecular formula is C3HF4O4S-. The maximum atomic E-state index is 11.8. The van der Waals surface area contributed by atoms with Crippen LogP contribution >= 0.6 is 0 Å². The van der Waals surface area contributed by atoms with Crippen LogP contribution in [-0.4, -0.2) is 27.1 Å². The van der Waals surface area contributed by atoms with Crippen LogP contribution in [0, 0.1) is 0 Å². The number of carbonyl (C=O) groups is 1. The summed E-state index contributed by atoms with van der Waals surface area (Å²) >= 11 is -3.49. The van der Waals surface area contributed by atoms with Gasteiger partial charge in [0.05, 0.1) is 0 Å². The lowest BCUT2D eigenvalue weighted by molar-refractivity contribution is -0.195. The van der Waals surface area contributed by atoms with Crippen LogP contribution in [0.1, 0.15) is 0 Å². The second kappa shape index (κ2) is 3.81. The Kier molecular flexibility index (Phi) is 3.58. The Morgan fingerprint density at radius 2 is 1.92 bits per heavy atom. The maximum absolute atomic E-state index is 11.8. The van der Waals surface area contributed by atoms with Crippen molar-refractivity contribution in [1.29, 1.82) is 0 Å². The lowest BCUT2D eigenvalue weighted by Crippen LogP contribution is -2.34. The van der Waals surface area contributed by atoms with Crippen molar-refractivity contribution >= 4 is 17.3 Å². The third-order valence-corrected chi connectivity index (χ3v) is 0.945. The first kappa shape index (κ1) is 11.3. The highest BCUT2D eigenvalue weighted by atomic mass is 32.2. The highest BCUT2D eigenvalue weighted by Crippen LogP contribution is 2.23. The number of alkyl halides is 4. The Bertz CT molecular complexity index is 201. The fraction of sp³-hybridized carbons (Fsp3) is 0.667. The highest BCUT2D eigenvalue weighted by molar-refractivity contribution is 7.74. The van der Waals surface area contributed by atoms with E-state index in [4.69, 9.17) is 0 Å². The Hall–Kier alpha value is -0.700. The molecule has 0 aromatic carbocycles. The smallest absolute Gasteiger partial charge is 0.430 e. The van der Waals surface area contributed by atoms with E-state index in [2.05, 4.69) is 4.18 Å². The van der Waals surface area contributed by atoms with Gasteiger partial charge in [0.2, 0.25) is 0 Å². The topological polar surface area (TPSA) is 66.4 Å². The van der Waals surface area contributed by atoms with E-state index in [1.807, 2.05) is 0 Å². The Labute approximate surface area is 66.0 Å². The first-order chi connectivity index (χ1) is 5.25. The largest absolute Gasteiger partial charge is 0.740 e. The molecule has 0 saturated carbocycles. The molecule has 0 aromatic heterocycles. The van der Waals surface area contributed by atoms with E-state index >= 15 is 0 Å². The summed E-state index contributed by atoms with van der Waals surface area (Å²) in [5.41, 5.74) is 0. The van der Waals surface area contributed by atoms with Gasteiger partial charge in [-0.1, -0.05) is 0 Å². The molecule has 0 aromatic rings. The van der Waals surface area contributed by atoms with Crippen molar-refractivity contribution in [2.45, 2.75) is 12.3 Å². The molecule has 0 N–H and O–H groups in total. The summed E-state index contributed by atoms with van der Waals surface area (Å²) < 4.78 is 67.5. The van der Waals surface area contributed by atoms with Crippen LogP contribution in [0.3, 0.4) is 0 Å². The summed E-state index contributed by atoms with van der Waals surface area (Å²) in [6.45, 7) is 0. The minimum atomic E-state index is -5.45. The Balaban J connectivity index is 4.21. The maximum Gasteiger partial charge on any atom is 0.430 e. The van der Waals surface area contributed by atoms with Gasteiger partial charge >= 0.3 is 12.1 Å². The second-order valence-corrected chi connectivity index (χ2v) is 2.09. The third-order valence-electron chi connectivity index (χ3n) is 0.644. The van der Waals surface area contributed by atoms with Gasteiger partial charge in [-0.05, 0) is 0 Å². The van der Waals surface area contributed by atoms with Crippen molar-refractivity contribution in [3.05, 3.63) is 0 Å². The predicted molar refractivity (Wildman–Crippen MR) is 26.0 cm³/mol. The van der Waals surface area contributed by atoms with Gasteiger partial charge in [-0.3, -0.25) is 0 Å². The van der Waals surface area contributed by atoms with Gasteiger partial charge in [0.1, 0.15) is 11.4 Å². The van der Waals surface area contributed by atoms with Gasteiger partial charge in [-0.2, -0.15) is 13.2 Å². The predicted octanol–water partition coefficient (Wildman–Crippen LogP) is 0.224. The van der Waals surface area contributed by atoms with Gasteiger partial charge < -0.3 is 8.74 Å². The number of carbonyl (C=O) groups excluding carboxylic acids is 1. The molecule has 0 aliphatic heterocycles. The van der Waals surface area contributed by atoms with Crippen molar-refractivity contribution in [2.75, 3.05) is 0 Å². The molecule has 0 aliphatic carbocycles. The molecule has 12 heavy (non-hydrogen) atoms. The van der Waals surface area contributed by atoms with Crippen molar-refractivity contribution in [3.63, 3.8) is 0 Å². The zero-order chi connectivity index (χ0) is 9.94. The van der Waals surface area contributed by atoms with Gasteiger partial charge in [-0.25, -0.2) is 13.4 Å². The monoisotopic (exact) mass is 209 g/mol. The standard InChI is InChI=1S/C3H2F4O4S/c4-1(3(5,6)7)2(8)11-12(9)10/h1H,(H,9,10)/p-1. The quantitative estimate of drug-likeness (QED) is 0.482. The lowest BCUT2D eigenvalue weighted by atomic mass is 10.4. The zero-order valence-electron chi connectivity index (χ0n) is 5.13. The Morgan fingerprint density at radius 1 is 1.50 bits per heavy atom. The number of rotatable bonds is 2. The van der Waals surface area contributed by atoms with Crippen LogP contribution in [0.4, 0.5) is 17.6 Å². The fourth-order valence-electron chi connectivity index (χ4n) is 0.243. The van der Waals surface area contributed by atoms with E-state index < -0.39 is 29.7 Å². The molecule has 0 fully saturated rings. The molecule has 0 spiro atoms. The van der Waals surface area contributed by atoms with Gasteiger partial charge in [0.15, 0.2) is 0 Å². The first-order valence-electron chi connectivity index (χ1n) is 2.27. The second-order valence-electron chi connectivity index (χ2n) is 1.51. The molecule has 72 valence electrons. The summed E-state index contributed by atoms with van der Waals surface area (Å²) in [6, 6.07) is 0. The lowest BCUT2D eigenvalue weighted by Gasteiger charge is -2.11. The van der Waals surface area contributed by atoms with E-state index in [1.165, 1.54) is 0 Å². The summed E-state index contributed by atoms with van der Waals surface area (Å²) in [5.74, 6) is -2.50. The average molecular weight is 209 g/mol. The fourth-order valence-corrected chi connectivity index (χ4v) is 0.462. The van der Waals surface area contributed by atoms with E-state index in [0.29, 0.717) is 0 Å². The molecule has 0 saturated heterocycles. The average Bonchev–Trinajstić information content (AvgIpc) is 1.82. The number of halogens is 4. The van der Waals surface area contributed by atoms with E-state index in [1.54, 1.807) is 0 Å². The minimum absolute atomic E-state index is 2.50. The molecule has 0 radical (unpaired) electrons. The molecule has 0 bridgehead atoms. The van der Waals surface area contributed by atoms with Crippen molar-refractivity contribution in [2.24, 2.45) is 0 Å². The molecule has 0 rings (SSSR count). The SMILES string of the molecule is O=C(OS(=O)[O-])C(F)C(F)(F)F. The van der Waals surface area contributed by atoms with Crippen LogP contribution in [0.15, 0.2) is 0 Å². The van der Waals surface area contributed by atoms with Gasteiger partial charge in [0, 0.05) is 0 Å². The van der Waals surface area contributed by atoms with Crippen molar-refractivity contribution in [1.82, 2.24) is 0 Å². The van der Waals surface area contributed by atoms with Crippen molar-refractivity contribution < 1.29 is 35.3 Å². The molecule has 0 aliphatic rings. The minimum Gasteiger partial charge on any atom is -0.740 e. The first-order valence-corrected chi connectivity index (χ1v) is 3.27. The van der Waals surface area contributed by atoms with Crippen LogP contribution in [0.2, 0.25) is 0 Å². The normalized spacial score (nSPS) is 16.8. The number of hydrogen-bond donors (Lipinski definition) is 0. The van der Waals surface area contributed by atoms with Crippen LogP contribution < -0.4 is 0 Å². The van der Waals surface area contributed by atoms with Gasteiger partial charge in [0.25, 0.3) is 6.17 Å². The summed E-state index contributed by atoms with van der Waals surface area (Å²) in [4.78, 5) is 9.89. The molecule has 2 atom stereocenters. The van der Waals surface area contributed by atoms with Gasteiger partial charge in [-0.15, -0.1) is 0 Å². The van der Waals surface area contributed by atoms with Crippen molar-refractivity contribution in [3.8, 4) is 0 Å². The molecule has 2 unspecified atom stereocenters. The summed E-state index contributed by atoms with van der Waals surface area (Å²) in [6.07, 6.45) is -9.38. The summed E-state index contributed by atoms with van der Waals surface area (Å²) in [5, 5.41) is 0. The van der Waals surface area contributed by atoms with E-state index in [-0.39, 0.29) is 0 Å². The zero-order valence-corrected chi connectivity index (χ0v) is 5.95. The molecule has 4 nitrogen and oxygen atoms in total. The molecule has 0 heterocycles. The third kappa shape index (κ3) is 3.62. The Morgan fingerprint density at radius 3 is 2.17 bits per heavy atom. The number of hydrogen-bond acceptors (Lipinski definition) is 4. The van der Waals surface area contributed by atoms with Crippen LogP contribution in [0.25, 0.3) is 0 Å². The highest BCUT2D eigenvalue weighted by Gasteiger charge is 2.47. The van der Waals surface area contributed by atoms with E-state index in [0.717, 1.165) is 0 Å².